The zero-order valence-corrected chi connectivity index (χ0v) is 10.6. The number of rotatable bonds is 4. The van der Waals surface area contributed by atoms with Gasteiger partial charge in [-0.2, -0.15) is 0 Å². The molecular formula is C16H21N. The summed E-state index contributed by atoms with van der Waals surface area (Å²) in [5.74, 6) is 2.17. The Labute approximate surface area is 104 Å². The molecule has 0 spiro atoms. The predicted octanol–water partition coefficient (Wildman–Crippen LogP) is 4.21. The van der Waals surface area contributed by atoms with E-state index < -0.39 is 0 Å². The maximum atomic E-state index is 6.36. The van der Waals surface area contributed by atoms with Gasteiger partial charge in [-0.1, -0.05) is 31.7 Å². The Balaban J connectivity index is 1.93. The molecule has 1 aromatic rings. The molecule has 0 bridgehead atoms. The summed E-state index contributed by atoms with van der Waals surface area (Å²) in [5, 5.41) is 0. The van der Waals surface area contributed by atoms with E-state index in [4.69, 9.17) is 5.73 Å². The third-order valence-corrected chi connectivity index (χ3v) is 4.38. The van der Waals surface area contributed by atoms with Crippen molar-refractivity contribution >= 4 is 11.3 Å². The van der Waals surface area contributed by atoms with E-state index in [9.17, 15) is 0 Å². The fraction of sp³-hybridized carbons (Fsp3) is 0.500. The summed E-state index contributed by atoms with van der Waals surface area (Å²) in [7, 11) is 0. The van der Waals surface area contributed by atoms with E-state index in [0.29, 0.717) is 11.8 Å². The molecule has 0 heterocycles. The van der Waals surface area contributed by atoms with Crippen LogP contribution in [0.25, 0.3) is 5.57 Å². The second kappa shape index (κ2) is 3.90. The first-order chi connectivity index (χ1) is 8.18. The van der Waals surface area contributed by atoms with Crippen LogP contribution < -0.4 is 5.73 Å². The summed E-state index contributed by atoms with van der Waals surface area (Å²) in [6, 6.07) is 6.48. The van der Waals surface area contributed by atoms with Crippen LogP contribution in [0.3, 0.4) is 0 Å². The molecule has 1 aromatic carbocycles. The highest BCUT2D eigenvalue weighted by molar-refractivity contribution is 5.78. The van der Waals surface area contributed by atoms with E-state index in [-0.39, 0.29) is 0 Å². The Morgan fingerprint density at radius 3 is 2.59 bits per heavy atom. The summed E-state index contributed by atoms with van der Waals surface area (Å²) < 4.78 is 0. The maximum absolute atomic E-state index is 6.36. The monoisotopic (exact) mass is 227 g/mol. The quantitative estimate of drug-likeness (QED) is 0.766. The van der Waals surface area contributed by atoms with Gasteiger partial charge < -0.3 is 5.73 Å². The van der Waals surface area contributed by atoms with Gasteiger partial charge in [-0.25, -0.2) is 0 Å². The largest absolute Gasteiger partial charge is 0.398 e. The first-order valence-corrected chi connectivity index (χ1v) is 6.76. The fourth-order valence-corrected chi connectivity index (χ4v) is 2.76. The number of benzene rings is 1. The Kier molecular flexibility index (Phi) is 2.50. The molecule has 0 aliphatic heterocycles. The maximum Gasteiger partial charge on any atom is 0.0425 e. The Bertz CT molecular complexity index is 453. The van der Waals surface area contributed by atoms with E-state index in [1.807, 2.05) is 0 Å². The van der Waals surface area contributed by atoms with Gasteiger partial charge >= 0.3 is 0 Å². The molecule has 1 heteroatoms. The van der Waals surface area contributed by atoms with Crippen molar-refractivity contribution in [3.8, 4) is 0 Å². The second-order valence-corrected chi connectivity index (χ2v) is 5.73. The van der Waals surface area contributed by atoms with Crippen LogP contribution >= 0.6 is 0 Å². The first kappa shape index (κ1) is 10.9. The van der Waals surface area contributed by atoms with E-state index >= 15 is 0 Å². The number of nitrogen functional groups attached to an aromatic ring is 1. The predicted molar refractivity (Wildman–Crippen MR) is 73.8 cm³/mol. The topological polar surface area (TPSA) is 26.0 Å². The van der Waals surface area contributed by atoms with Gasteiger partial charge in [0.15, 0.2) is 0 Å². The molecular weight excluding hydrogens is 206 g/mol. The lowest BCUT2D eigenvalue weighted by Crippen LogP contribution is -2.04. The minimum absolute atomic E-state index is 0.613. The molecule has 17 heavy (non-hydrogen) atoms. The van der Waals surface area contributed by atoms with Gasteiger partial charge in [-0.05, 0) is 54.6 Å². The van der Waals surface area contributed by atoms with Crippen molar-refractivity contribution in [2.24, 2.45) is 11.8 Å². The van der Waals surface area contributed by atoms with Crippen LogP contribution in [-0.4, -0.2) is 0 Å². The second-order valence-electron chi connectivity index (χ2n) is 5.73. The zero-order valence-electron chi connectivity index (χ0n) is 10.6. The molecule has 0 radical (unpaired) electrons. The van der Waals surface area contributed by atoms with Crippen molar-refractivity contribution in [3.05, 3.63) is 35.9 Å². The van der Waals surface area contributed by atoms with E-state index in [0.717, 1.165) is 11.6 Å². The van der Waals surface area contributed by atoms with E-state index in [2.05, 4.69) is 31.7 Å². The van der Waals surface area contributed by atoms with Gasteiger partial charge in [0.1, 0.15) is 0 Å². The van der Waals surface area contributed by atoms with Crippen LogP contribution in [0.2, 0.25) is 0 Å². The molecule has 1 atom stereocenters. The van der Waals surface area contributed by atoms with Crippen molar-refractivity contribution in [2.75, 3.05) is 5.73 Å². The SMILES string of the molecule is C=C(c1cccc([C@@H](C)C2CC2)c1N)C1CC1. The van der Waals surface area contributed by atoms with Gasteiger partial charge in [0, 0.05) is 11.3 Å². The first-order valence-electron chi connectivity index (χ1n) is 6.76. The number of anilines is 1. The number of hydrogen-bond acceptors (Lipinski definition) is 1. The minimum atomic E-state index is 0.613. The van der Waals surface area contributed by atoms with Gasteiger partial charge in [0.05, 0.1) is 0 Å². The number of allylic oxidation sites excluding steroid dienone is 1. The third kappa shape index (κ3) is 1.99. The normalized spacial score (nSPS) is 21.2. The van der Waals surface area contributed by atoms with E-state index in [1.54, 1.807) is 0 Å². The van der Waals surface area contributed by atoms with E-state index in [1.165, 1.54) is 42.4 Å². The molecule has 2 saturated carbocycles. The van der Waals surface area contributed by atoms with Crippen molar-refractivity contribution < 1.29 is 0 Å². The molecule has 0 aromatic heterocycles. The molecule has 1 nitrogen and oxygen atoms in total. The molecule has 2 aliphatic carbocycles. The highest BCUT2D eigenvalue weighted by Crippen LogP contribution is 2.47. The lowest BCUT2D eigenvalue weighted by atomic mass is 9.90. The van der Waals surface area contributed by atoms with Crippen molar-refractivity contribution in [3.63, 3.8) is 0 Å². The van der Waals surface area contributed by atoms with Gasteiger partial charge in [-0.3, -0.25) is 0 Å². The number of nitrogens with two attached hydrogens (primary N) is 1. The van der Waals surface area contributed by atoms with Crippen LogP contribution in [0, 0.1) is 11.8 Å². The molecule has 0 saturated heterocycles. The van der Waals surface area contributed by atoms with Crippen molar-refractivity contribution in [2.45, 2.75) is 38.5 Å². The lowest BCUT2D eigenvalue weighted by Gasteiger charge is -2.17. The molecule has 2 N–H and O–H groups in total. The van der Waals surface area contributed by atoms with Gasteiger partial charge in [0.25, 0.3) is 0 Å². The third-order valence-electron chi connectivity index (χ3n) is 4.38. The highest BCUT2D eigenvalue weighted by Gasteiger charge is 2.31. The van der Waals surface area contributed by atoms with Crippen molar-refractivity contribution in [1.29, 1.82) is 0 Å². The lowest BCUT2D eigenvalue weighted by molar-refractivity contribution is 0.666. The average Bonchev–Trinajstić information content (AvgIpc) is 3.20. The van der Waals surface area contributed by atoms with Crippen LogP contribution in [0.15, 0.2) is 24.8 Å². The zero-order chi connectivity index (χ0) is 12.0. The van der Waals surface area contributed by atoms with Crippen LogP contribution in [0.1, 0.15) is 49.7 Å². The number of para-hydroxylation sites is 1. The average molecular weight is 227 g/mol. The van der Waals surface area contributed by atoms with Crippen LogP contribution in [0.5, 0.6) is 0 Å². The summed E-state index contributed by atoms with van der Waals surface area (Å²) >= 11 is 0. The molecule has 2 fully saturated rings. The minimum Gasteiger partial charge on any atom is -0.398 e. The summed E-state index contributed by atoms with van der Waals surface area (Å²) in [4.78, 5) is 0. The molecule has 0 unspecified atom stereocenters. The van der Waals surface area contributed by atoms with Gasteiger partial charge in [0.2, 0.25) is 0 Å². The summed E-state index contributed by atoms with van der Waals surface area (Å²) in [5.41, 5.74) is 11.1. The van der Waals surface area contributed by atoms with Crippen molar-refractivity contribution in [1.82, 2.24) is 0 Å². The van der Waals surface area contributed by atoms with Crippen LogP contribution in [-0.2, 0) is 0 Å². The summed E-state index contributed by atoms with van der Waals surface area (Å²) in [6.07, 6.45) is 5.32. The standard InChI is InChI=1S/C16H21N/c1-10(12-6-7-12)14-4-3-5-15(16(14)17)11(2)13-8-9-13/h3-5,11-13H,1,6-9,17H2,2H3/t11-/m0/s1. The Morgan fingerprint density at radius 1 is 1.29 bits per heavy atom. The van der Waals surface area contributed by atoms with Crippen LogP contribution in [0.4, 0.5) is 5.69 Å². The molecule has 2 aliphatic rings. The summed E-state index contributed by atoms with van der Waals surface area (Å²) in [6.45, 7) is 6.54. The molecule has 3 rings (SSSR count). The highest BCUT2D eigenvalue weighted by atomic mass is 14.6. The smallest absolute Gasteiger partial charge is 0.0425 e. The Hall–Kier alpha value is -1.24. The van der Waals surface area contributed by atoms with Gasteiger partial charge in [-0.15, -0.1) is 0 Å². The fourth-order valence-electron chi connectivity index (χ4n) is 2.76. The number of hydrogen-bond donors (Lipinski definition) is 1. The molecule has 90 valence electrons. The Morgan fingerprint density at radius 2 is 2.00 bits per heavy atom. The molecule has 0 amide bonds.